The fourth-order valence-electron chi connectivity index (χ4n) is 3.98. The molecule has 3 atom stereocenters. The van der Waals surface area contributed by atoms with E-state index in [9.17, 15) is 9.59 Å². The van der Waals surface area contributed by atoms with Gasteiger partial charge in [0.2, 0.25) is 0 Å². The minimum absolute atomic E-state index is 0.00780. The van der Waals surface area contributed by atoms with E-state index >= 15 is 0 Å². The lowest BCUT2D eigenvalue weighted by Crippen LogP contribution is -2.39. The van der Waals surface area contributed by atoms with Crippen molar-refractivity contribution in [2.45, 2.75) is 68.7 Å². The number of aromatic nitrogens is 1. The predicted octanol–water partition coefficient (Wildman–Crippen LogP) is 3.79. The maximum absolute atomic E-state index is 12.4. The van der Waals surface area contributed by atoms with Crippen molar-refractivity contribution in [2.75, 3.05) is 0 Å². The first-order valence-electron chi connectivity index (χ1n) is 7.94. The quantitative estimate of drug-likeness (QED) is 0.909. The van der Waals surface area contributed by atoms with Crippen LogP contribution in [0.15, 0.2) is 9.82 Å². The zero-order valence-corrected chi connectivity index (χ0v) is 14.9. The van der Waals surface area contributed by atoms with E-state index in [1.165, 1.54) is 29.1 Å². The Hall–Kier alpha value is -0.750. The van der Waals surface area contributed by atoms with Gasteiger partial charge < -0.3 is 5.11 Å². The number of hydrogen-bond acceptors (Lipinski definition) is 4. The molecule has 22 heavy (non-hydrogen) atoms. The largest absolute Gasteiger partial charge is 0.481 e. The maximum atomic E-state index is 12.4. The average molecular weight is 341 g/mol. The molecule has 1 N–H and O–H groups in total. The van der Waals surface area contributed by atoms with Gasteiger partial charge in [0.15, 0.2) is 0 Å². The highest BCUT2D eigenvalue weighted by Gasteiger charge is 2.47. The molecule has 1 aromatic heterocycles. The summed E-state index contributed by atoms with van der Waals surface area (Å²) in [7, 11) is 0. The zero-order chi connectivity index (χ0) is 16.1. The molecule has 0 spiro atoms. The Labute approximate surface area is 138 Å². The molecule has 0 bridgehead atoms. The van der Waals surface area contributed by atoms with Gasteiger partial charge in [0.05, 0.1) is 11.4 Å². The summed E-state index contributed by atoms with van der Waals surface area (Å²) in [6, 6.07) is 0. The number of aliphatic carboxylic acids is 1. The van der Waals surface area contributed by atoms with E-state index in [1.54, 1.807) is 16.3 Å². The van der Waals surface area contributed by atoms with Crippen molar-refractivity contribution in [3.63, 3.8) is 0 Å². The highest BCUT2D eigenvalue weighted by Crippen LogP contribution is 2.58. The number of carboxylic acids is 1. The average Bonchev–Trinajstić information content (AvgIpc) is 2.71. The zero-order valence-electron chi connectivity index (χ0n) is 13.3. The molecule has 1 fully saturated rings. The van der Waals surface area contributed by atoms with Crippen molar-refractivity contribution in [2.24, 2.45) is 11.8 Å². The Morgan fingerprint density at radius 2 is 2.14 bits per heavy atom. The first kappa shape index (κ1) is 16.1. The molecule has 4 nitrogen and oxygen atoms in total. The number of thiazole rings is 1. The van der Waals surface area contributed by atoms with Crippen LogP contribution in [-0.4, -0.2) is 20.4 Å². The van der Waals surface area contributed by atoms with Crippen LogP contribution in [-0.2, 0) is 11.3 Å². The minimum Gasteiger partial charge on any atom is -0.481 e. The second-order valence-electron chi connectivity index (χ2n) is 7.17. The molecule has 2 aliphatic rings. The third-order valence-electron chi connectivity index (χ3n) is 5.12. The normalized spacial score (nSPS) is 29.7. The van der Waals surface area contributed by atoms with Crippen LogP contribution < -0.4 is 4.87 Å². The molecule has 0 amide bonds. The number of rotatable bonds is 3. The van der Waals surface area contributed by atoms with Crippen molar-refractivity contribution in [3.05, 3.63) is 14.5 Å². The van der Waals surface area contributed by atoms with Crippen LogP contribution in [0, 0.1) is 11.8 Å². The van der Waals surface area contributed by atoms with Crippen LogP contribution in [0.4, 0.5) is 0 Å². The van der Waals surface area contributed by atoms with Gasteiger partial charge >= 0.3 is 10.8 Å². The Morgan fingerprint density at radius 1 is 1.41 bits per heavy atom. The van der Waals surface area contributed by atoms with Crippen molar-refractivity contribution in [1.82, 2.24) is 4.57 Å². The number of thioether (sulfide) groups is 1. The first-order chi connectivity index (χ1) is 10.3. The maximum Gasteiger partial charge on any atom is 0.308 e. The lowest BCUT2D eigenvalue weighted by Gasteiger charge is -2.47. The van der Waals surface area contributed by atoms with Crippen LogP contribution in [0.3, 0.4) is 0 Å². The van der Waals surface area contributed by atoms with Crippen LogP contribution in [0.25, 0.3) is 0 Å². The summed E-state index contributed by atoms with van der Waals surface area (Å²) in [6.07, 6.45) is 3.66. The summed E-state index contributed by atoms with van der Waals surface area (Å²) in [5.74, 6) is 0.944. The summed E-state index contributed by atoms with van der Waals surface area (Å²) >= 11 is 3.13. The summed E-state index contributed by atoms with van der Waals surface area (Å²) in [5, 5.41) is 9.95. The van der Waals surface area contributed by atoms with Crippen molar-refractivity contribution in [3.8, 4) is 0 Å². The number of carbonyl (C=O) groups is 1. The van der Waals surface area contributed by atoms with E-state index < -0.39 is 5.97 Å². The molecule has 0 aromatic carbocycles. The van der Waals surface area contributed by atoms with Crippen LogP contribution in [0.1, 0.15) is 57.2 Å². The van der Waals surface area contributed by atoms with Crippen molar-refractivity contribution < 1.29 is 9.90 Å². The fraction of sp³-hybridized carbons (Fsp3) is 0.750. The van der Waals surface area contributed by atoms with Gasteiger partial charge in [-0.2, -0.15) is 0 Å². The lowest BCUT2D eigenvalue weighted by molar-refractivity contribution is -0.137. The summed E-state index contributed by atoms with van der Waals surface area (Å²) < 4.78 is 1.81. The van der Waals surface area contributed by atoms with Crippen molar-refractivity contribution in [1.29, 1.82) is 0 Å². The van der Waals surface area contributed by atoms with E-state index in [0.29, 0.717) is 17.8 Å². The molecule has 0 saturated heterocycles. The minimum atomic E-state index is -0.851. The van der Waals surface area contributed by atoms with E-state index in [0.717, 1.165) is 11.4 Å². The number of carboxylic acid groups (broad SMARTS) is 1. The fourth-order valence-corrected chi connectivity index (χ4v) is 6.84. The van der Waals surface area contributed by atoms with Gasteiger partial charge in [0, 0.05) is 22.1 Å². The van der Waals surface area contributed by atoms with Crippen LogP contribution >= 0.6 is 23.1 Å². The molecule has 0 radical (unpaired) electrons. The highest BCUT2D eigenvalue weighted by molar-refractivity contribution is 8.00. The molecule has 1 aromatic rings. The summed E-state index contributed by atoms with van der Waals surface area (Å²) in [4.78, 5) is 24.4. The molecule has 2 heterocycles. The monoisotopic (exact) mass is 341 g/mol. The van der Waals surface area contributed by atoms with Gasteiger partial charge in [-0.3, -0.25) is 14.2 Å². The molecule has 1 aliphatic heterocycles. The number of nitrogens with zero attached hydrogens (tertiary/aromatic N) is 1. The molecule has 3 rings (SSSR count). The Kier molecular flexibility index (Phi) is 4.18. The molecule has 0 unspecified atom stereocenters. The van der Waals surface area contributed by atoms with Gasteiger partial charge in [0.1, 0.15) is 0 Å². The third-order valence-corrected chi connectivity index (χ3v) is 7.83. The third kappa shape index (κ3) is 2.75. The van der Waals surface area contributed by atoms with Crippen LogP contribution in [0.2, 0.25) is 0 Å². The molecular weight excluding hydrogens is 318 g/mol. The summed E-state index contributed by atoms with van der Waals surface area (Å²) in [5.41, 5.74) is 0. The topological polar surface area (TPSA) is 59.3 Å². The second kappa shape index (κ2) is 5.71. The smallest absolute Gasteiger partial charge is 0.308 e. The predicted molar refractivity (Wildman–Crippen MR) is 90.0 cm³/mol. The first-order valence-corrected chi connectivity index (χ1v) is 9.57. The summed E-state index contributed by atoms with van der Waals surface area (Å²) in [6.45, 7) is 7.14. The Bertz CT molecular complexity index is 646. The molecular formula is C16H23NO3S2. The molecule has 1 saturated carbocycles. The van der Waals surface area contributed by atoms with E-state index in [4.69, 9.17) is 5.11 Å². The SMILES string of the molecule is C[C@H]1CC[C@@H]2[C@@H](C1)c1sc(=O)n(CCC(=O)O)c1SC2(C)C. The van der Waals surface area contributed by atoms with Gasteiger partial charge in [-0.05, 0) is 24.7 Å². The Balaban J connectivity index is 2.01. The number of hydrogen-bond donors (Lipinski definition) is 1. The van der Waals surface area contributed by atoms with Gasteiger partial charge in [-0.25, -0.2) is 0 Å². The van der Waals surface area contributed by atoms with E-state index in [1.807, 2.05) is 0 Å². The molecule has 1 aliphatic carbocycles. The lowest BCUT2D eigenvalue weighted by atomic mass is 9.69. The standard InChI is InChI=1S/C16H23NO3S2/c1-9-4-5-11-10(8-9)13-14(22-16(11,2)3)17(15(20)21-13)7-6-12(18)19/h9-11H,4-8H2,1-3H3,(H,18,19)/t9-,10+,11+/m0/s1. The Morgan fingerprint density at radius 3 is 2.82 bits per heavy atom. The van der Waals surface area contributed by atoms with Gasteiger partial charge in [0.25, 0.3) is 0 Å². The van der Waals surface area contributed by atoms with Crippen LogP contribution in [0.5, 0.6) is 0 Å². The second-order valence-corrected chi connectivity index (χ2v) is 9.81. The van der Waals surface area contributed by atoms with Crippen molar-refractivity contribution >= 4 is 29.1 Å². The van der Waals surface area contributed by atoms with Gasteiger partial charge in [-0.15, -0.1) is 11.8 Å². The number of fused-ring (bicyclic) bond motifs is 3. The van der Waals surface area contributed by atoms with Gasteiger partial charge in [-0.1, -0.05) is 38.5 Å². The van der Waals surface area contributed by atoms with E-state index in [2.05, 4.69) is 20.8 Å². The highest BCUT2D eigenvalue weighted by atomic mass is 32.2. The van der Waals surface area contributed by atoms with E-state index in [-0.39, 0.29) is 22.6 Å². The molecule has 122 valence electrons. The molecule has 6 heteroatoms.